The van der Waals surface area contributed by atoms with E-state index in [9.17, 15) is 4.79 Å². The predicted molar refractivity (Wildman–Crippen MR) is 64.3 cm³/mol. The normalized spacial score (nSPS) is 22.5. The average molecular weight is 231 g/mol. The van der Waals surface area contributed by atoms with Crippen LogP contribution >= 0.6 is 0 Å². The monoisotopic (exact) mass is 231 g/mol. The van der Waals surface area contributed by atoms with Crippen LogP contribution in [0, 0.1) is 5.41 Å². The minimum absolute atomic E-state index is 0.0519. The summed E-state index contributed by atoms with van der Waals surface area (Å²) in [5.74, 6) is 0.219. The highest BCUT2D eigenvalue weighted by Gasteiger charge is 2.31. The lowest BCUT2D eigenvalue weighted by Crippen LogP contribution is -2.21. The van der Waals surface area contributed by atoms with Gasteiger partial charge in [-0.25, -0.2) is 4.68 Å². The second-order valence-corrected chi connectivity index (χ2v) is 5.87. The molecular formula is C13H17N3O. The van der Waals surface area contributed by atoms with Crippen LogP contribution in [0.1, 0.15) is 44.5 Å². The smallest absolute Gasteiger partial charge is 0.156 e. The van der Waals surface area contributed by atoms with E-state index in [1.807, 2.05) is 4.68 Å². The topological polar surface area (TPSA) is 47.8 Å². The summed E-state index contributed by atoms with van der Waals surface area (Å²) in [5.41, 5.74) is 3.30. The number of nitrogens with zero attached hydrogens (tertiary/aromatic N) is 3. The molecule has 4 heteroatoms. The van der Waals surface area contributed by atoms with Gasteiger partial charge >= 0.3 is 0 Å². The van der Waals surface area contributed by atoms with E-state index in [0.29, 0.717) is 6.42 Å². The van der Waals surface area contributed by atoms with Crippen molar-refractivity contribution in [2.75, 3.05) is 0 Å². The third kappa shape index (κ3) is 1.81. The summed E-state index contributed by atoms with van der Waals surface area (Å²) in [5, 5.41) is 8.41. The molecule has 0 saturated heterocycles. The van der Waals surface area contributed by atoms with Crippen LogP contribution in [-0.4, -0.2) is 20.8 Å². The molecule has 0 aromatic carbocycles. The molecule has 0 bridgehead atoms. The van der Waals surface area contributed by atoms with Crippen molar-refractivity contribution >= 4 is 11.4 Å². The molecule has 1 aliphatic heterocycles. The Hall–Kier alpha value is -1.45. The van der Waals surface area contributed by atoms with Gasteiger partial charge in [-0.3, -0.25) is 4.79 Å². The molecule has 0 unspecified atom stereocenters. The Labute approximate surface area is 101 Å². The number of fused-ring (bicyclic) bond motifs is 1. The van der Waals surface area contributed by atoms with Crippen molar-refractivity contribution in [3.63, 3.8) is 0 Å². The van der Waals surface area contributed by atoms with Crippen LogP contribution in [0.25, 0.3) is 5.57 Å². The predicted octanol–water partition coefficient (Wildman–Crippen LogP) is 2.00. The summed E-state index contributed by atoms with van der Waals surface area (Å²) < 4.78 is 1.97. The van der Waals surface area contributed by atoms with Gasteiger partial charge in [-0.1, -0.05) is 19.1 Å². The number of hydrogen-bond donors (Lipinski definition) is 0. The minimum Gasteiger partial charge on any atom is -0.295 e. The van der Waals surface area contributed by atoms with Gasteiger partial charge in [-0.2, -0.15) is 0 Å². The van der Waals surface area contributed by atoms with E-state index in [0.717, 1.165) is 37.1 Å². The van der Waals surface area contributed by atoms with Crippen molar-refractivity contribution in [3.05, 3.63) is 17.5 Å². The molecule has 0 spiro atoms. The maximum atomic E-state index is 11.8. The van der Waals surface area contributed by atoms with Gasteiger partial charge in [0.1, 0.15) is 5.69 Å². The maximum Gasteiger partial charge on any atom is 0.156 e. The van der Waals surface area contributed by atoms with Crippen molar-refractivity contribution in [1.29, 1.82) is 0 Å². The quantitative estimate of drug-likeness (QED) is 0.742. The van der Waals surface area contributed by atoms with E-state index in [1.54, 1.807) is 6.08 Å². The molecule has 0 atom stereocenters. The second kappa shape index (κ2) is 3.52. The molecule has 1 aromatic rings. The lowest BCUT2D eigenvalue weighted by molar-refractivity contribution is -0.116. The fourth-order valence-corrected chi connectivity index (χ4v) is 2.90. The Morgan fingerprint density at radius 2 is 2.18 bits per heavy atom. The van der Waals surface area contributed by atoms with Crippen molar-refractivity contribution in [1.82, 2.24) is 15.0 Å². The number of aromatic nitrogens is 3. The molecule has 0 amide bonds. The standard InChI is InChI=1S/C13H17N3O/c1-13(2)7-9(6-10(17)8-13)12-11-4-3-5-16(11)15-14-12/h6H,3-5,7-8H2,1-2H3. The zero-order valence-corrected chi connectivity index (χ0v) is 10.4. The third-order valence-electron chi connectivity index (χ3n) is 3.58. The fraction of sp³-hybridized carbons (Fsp3) is 0.615. The first-order valence-corrected chi connectivity index (χ1v) is 6.21. The highest BCUT2D eigenvalue weighted by molar-refractivity contribution is 5.98. The summed E-state index contributed by atoms with van der Waals surface area (Å²) in [6.07, 6.45) is 5.51. The zero-order valence-electron chi connectivity index (χ0n) is 10.4. The number of ketones is 1. The summed E-state index contributed by atoms with van der Waals surface area (Å²) >= 11 is 0. The molecule has 17 heavy (non-hydrogen) atoms. The molecule has 2 heterocycles. The largest absolute Gasteiger partial charge is 0.295 e. The Morgan fingerprint density at radius 3 is 2.94 bits per heavy atom. The van der Waals surface area contributed by atoms with Gasteiger partial charge in [0, 0.05) is 13.0 Å². The molecule has 2 aliphatic rings. The molecule has 1 aliphatic carbocycles. The van der Waals surface area contributed by atoms with Crippen LogP contribution in [0.5, 0.6) is 0 Å². The number of carbonyl (C=O) groups is 1. The third-order valence-corrected chi connectivity index (χ3v) is 3.58. The first-order valence-electron chi connectivity index (χ1n) is 6.21. The van der Waals surface area contributed by atoms with Gasteiger partial charge in [0.15, 0.2) is 5.78 Å². The van der Waals surface area contributed by atoms with Crippen molar-refractivity contribution in [3.8, 4) is 0 Å². The molecule has 1 aromatic heterocycles. The van der Waals surface area contributed by atoms with Gasteiger partial charge in [0.25, 0.3) is 0 Å². The van der Waals surface area contributed by atoms with Crippen LogP contribution in [0.2, 0.25) is 0 Å². The van der Waals surface area contributed by atoms with E-state index in [4.69, 9.17) is 0 Å². The molecule has 0 N–H and O–H groups in total. The highest BCUT2D eigenvalue weighted by atomic mass is 16.1. The summed E-state index contributed by atoms with van der Waals surface area (Å²) in [6, 6.07) is 0. The van der Waals surface area contributed by atoms with Crippen molar-refractivity contribution < 1.29 is 4.79 Å². The Balaban J connectivity index is 2.01. The average Bonchev–Trinajstić information content (AvgIpc) is 2.73. The summed E-state index contributed by atoms with van der Waals surface area (Å²) in [7, 11) is 0. The molecule has 3 rings (SSSR count). The van der Waals surface area contributed by atoms with Gasteiger partial charge in [0.05, 0.1) is 5.69 Å². The molecule has 0 radical (unpaired) electrons. The Morgan fingerprint density at radius 1 is 1.35 bits per heavy atom. The second-order valence-electron chi connectivity index (χ2n) is 5.87. The number of hydrogen-bond acceptors (Lipinski definition) is 3. The van der Waals surface area contributed by atoms with Crippen LogP contribution in [0.15, 0.2) is 6.08 Å². The van der Waals surface area contributed by atoms with E-state index in [2.05, 4.69) is 24.2 Å². The van der Waals surface area contributed by atoms with Crippen LogP contribution in [0.3, 0.4) is 0 Å². The maximum absolute atomic E-state index is 11.8. The van der Waals surface area contributed by atoms with Gasteiger partial charge in [0.2, 0.25) is 0 Å². The lowest BCUT2D eigenvalue weighted by atomic mass is 9.76. The summed E-state index contributed by atoms with van der Waals surface area (Å²) in [4.78, 5) is 11.8. The van der Waals surface area contributed by atoms with E-state index in [-0.39, 0.29) is 11.2 Å². The van der Waals surface area contributed by atoms with Crippen molar-refractivity contribution in [2.45, 2.75) is 46.1 Å². The van der Waals surface area contributed by atoms with Gasteiger partial charge in [-0.05, 0) is 36.3 Å². The SMILES string of the molecule is CC1(C)CC(=O)C=C(c2nnn3c2CCC3)C1. The first kappa shape index (κ1) is 10.7. The summed E-state index contributed by atoms with van der Waals surface area (Å²) in [6.45, 7) is 5.25. The van der Waals surface area contributed by atoms with Crippen LogP contribution in [0.4, 0.5) is 0 Å². The van der Waals surface area contributed by atoms with Gasteiger partial charge in [-0.15, -0.1) is 5.10 Å². The van der Waals surface area contributed by atoms with Crippen molar-refractivity contribution in [2.24, 2.45) is 5.41 Å². The van der Waals surface area contributed by atoms with Crippen LogP contribution < -0.4 is 0 Å². The fourth-order valence-electron chi connectivity index (χ4n) is 2.90. The van der Waals surface area contributed by atoms with Gasteiger partial charge < -0.3 is 0 Å². The van der Waals surface area contributed by atoms with E-state index < -0.39 is 0 Å². The van der Waals surface area contributed by atoms with E-state index in [1.165, 1.54) is 5.69 Å². The van der Waals surface area contributed by atoms with E-state index >= 15 is 0 Å². The molecule has 0 fully saturated rings. The number of rotatable bonds is 1. The zero-order chi connectivity index (χ0) is 12.0. The number of aryl methyl sites for hydroxylation is 1. The molecular weight excluding hydrogens is 214 g/mol. The highest BCUT2D eigenvalue weighted by Crippen LogP contribution is 2.38. The number of allylic oxidation sites excluding steroid dienone is 2. The van der Waals surface area contributed by atoms with Crippen LogP contribution in [-0.2, 0) is 17.8 Å². The Kier molecular flexibility index (Phi) is 2.21. The molecule has 90 valence electrons. The minimum atomic E-state index is 0.0519. The lowest BCUT2D eigenvalue weighted by Gasteiger charge is -2.28. The first-order chi connectivity index (χ1) is 8.05. The molecule has 4 nitrogen and oxygen atoms in total. The number of carbonyl (C=O) groups excluding carboxylic acids is 1. The molecule has 0 saturated carbocycles. The Bertz CT molecular complexity index is 511.